The number of nitrogens with one attached hydrogen (secondary N) is 1. The molecule has 0 saturated heterocycles. The Hall–Kier alpha value is -1.07. The molecule has 0 aliphatic rings. The zero-order valence-corrected chi connectivity index (χ0v) is 9.56. The third-order valence-corrected chi connectivity index (χ3v) is 4.07. The number of benzene rings is 1. The number of fused-ring (bicyclic) bond motifs is 1. The standard InChI is InChI=1S/C9H9ClN2O2S/c1-2-15(13,14)6-3-4-7-8(5-6)12-9(10)11-7/h3-5H,2H2,1H3,(H,11,12). The average molecular weight is 245 g/mol. The first-order chi connectivity index (χ1) is 7.03. The number of aromatic amines is 1. The summed E-state index contributed by atoms with van der Waals surface area (Å²) in [6, 6.07) is 4.73. The average Bonchev–Trinajstić information content (AvgIpc) is 2.56. The fourth-order valence-corrected chi connectivity index (χ4v) is 2.42. The minimum absolute atomic E-state index is 0.0837. The number of aromatic nitrogens is 2. The molecule has 6 heteroatoms. The van der Waals surface area contributed by atoms with Crippen molar-refractivity contribution in [2.24, 2.45) is 0 Å². The molecule has 0 aliphatic heterocycles. The van der Waals surface area contributed by atoms with E-state index >= 15 is 0 Å². The van der Waals surface area contributed by atoms with Crippen LogP contribution in [0.15, 0.2) is 23.1 Å². The van der Waals surface area contributed by atoms with Crippen molar-refractivity contribution in [3.8, 4) is 0 Å². The molecule has 0 aliphatic carbocycles. The van der Waals surface area contributed by atoms with Gasteiger partial charge in [-0.25, -0.2) is 13.4 Å². The highest BCUT2D eigenvalue weighted by atomic mass is 35.5. The fraction of sp³-hybridized carbons (Fsp3) is 0.222. The lowest BCUT2D eigenvalue weighted by Crippen LogP contribution is -2.03. The Morgan fingerprint density at radius 3 is 2.87 bits per heavy atom. The molecule has 0 fully saturated rings. The summed E-state index contributed by atoms with van der Waals surface area (Å²) in [7, 11) is -3.17. The van der Waals surface area contributed by atoms with Crippen LogP contribution in [-0.4, -0.2) is 24.1 Å². The van der Waals surface area contributed by atoms with E-state index in [2.05, 4.69) is 9.97 Å². The highest BCUT2D eigenvalue weighted by Crippen LogP contribution is 2.19. The van der Waals surface area contributed by atoms with E-state index in [1.54, 1.807) is 25.1 Å². The molecular formula is C9H9ClN2O2S. The van der Waals surface area contributed by atoms with Crippen molar-refractivity contribution in [1.29, 1.82) is 0 Å². The molecular weight excluding hydrogens is 236 g/mol. The van der Waals surface area contributed by atoms with Crippen LogP contribution in [0.25, 0.3) is 11.0 Å². The lowest BCUT2D eigenvalue weighted by Gasteiger charge is -1.99. The first kappa shape index (κ1) is 10.4. The second-order valence-corrected chi connectivity index (χ2v) is 5.75. The van der Waals surface area contributed by atoms with Crippen molar-refractivity contribution in [2.45, 2.75) is 11.8 Å². The fourth-order valence-electron chi connectivity index (χ4n) is 1.32. The van der Waals surface area contributed by atoms with Crippen LogP contribution in [0.2, 0.25) is 5.28 Å². The van der Waals surface area contributed by atoms with Crippen molar-refractivity contribution < 1.29 is 8.42 Å². The van der Waals surface area contributed by atoms with E-state index in [1.165, 1.54) is 0 Å². The van der Waals surface area contributed by atoms with Gasteiger partial charge in [0.25, 0.3) is 0 Å². The Morgan fingerprint density at radius 2 is 2.20 bits per heavy atom. The minimum Gasteiger partial charge on any atom is -0.329 e. The molecule has 0 saturated carbocycles. The number of halogens is 1. The van der Waals surface area contributed by atoms with Crippen molar-refractivity contribution in [2.75, 3.05) is 5.75 Å². The van der Waals surface area contributed by atoms with Crippen molar-refractivity contribution in [3.63, 3.8) is 0 Å². The Kier molecular flexibility index (Phi) is 2.44. The number of H-pyrrole nitrogens is 1. The third kappa shape index (κ3) is 1.85. The van der Waals surface area contributed by atoms with Crippen LogP contribution in [-0.2, 0) is 9.84 Å². The molecule has 0 spiro atoms. The molecule has 15 heavy (non-hydrogen) atoms. The Labute approximate surface area is 92.2 Å². The minimum atomic E-state index is -3.17. The lowest BCUT2D eigenvalue weighted by atomic mass is 10.3. The number of rotatable bonds is 2. The molecule has 80 valence electrons. The van der Waals surface area contributed by atoms with Crippen LogP contribution in [0.1, 0.15) is 6.92 Å². The quantitative estimate of drug-likeness (QED) is 0.879. The molecule has 0 unspecified atom stereocenters. The van der Waals surface area contributed by atoms with E-state index in [1.807, 2.05) is 0 Å². The summed E-state index contributed by atoms with van der Waals surface area (Å²) in [4.78, 5) is 7.05. The molecule has 0 atom stereocenters. The number of hydrogen-bond donors (Lipinski definition) is 1. The molecule has 1 aromatic heterocycles. The molecule has 1 heterocycles. The largest absolute Gasteiger partial charge is 0.329 e. The van der Waals surface area contributed by atoms with Crippen LogP contribution >= 0.6 is 11.6 Å². The summed E-state index contributed by atoms with van der Waals surface area (Å²) >= 11 is 5.67. The maximum atomic E-state index is 11.6. The Bertz CT molecular complexity index is 604. The predicted molar refractivity (Wildman–Crippen MR) is 58.8 cm³/mol. The third-order valence-electron chi connectivity index (χ3n) is 2.16. The van der Waals surface area contributed by atoms with Crippen LogP contribution in [0.4, 0.5) is 0 Å². The smallest absolute Gasteiger partial charge is 0.201 e. The van der Waals surface area contributed by atoms with E-state index in [0.717, 1.165) is 0 Å². The highest BCUT2D eigenvalue weighted by Gasteiger charge is 2.12. The maximum Gasteiger partial charge on any atom is 0.201 e. The van der Waals surface area contributed by atoms with Gasteiger partial charge in [0.15, 0.2) is 9.84 Å². The van der Waals surface area contributed by atoms with E-state index in [4.69, 9.17) is 11.6 Å². The number of nitrogens with zero attached hydrogens (tertiary/aromatic N) is 1. The molecule has 0 bridgehead atoms. The van der Waals surface area contributed by atoms with Crippen LogP contribution in [0.3, 0.4) is 0 Å². The second-order valence-electron chi connectivity index (χ2n) is 3.11. The van der Waals surface area contributed by atoms with Crippen LogP contribution in [0.5, 0.6) is 0 Å². The van der Waals surface area contributed by atoms with Gasteiger partial charge in [0.1, 0.15) is 0 Å². The zero-order chi connectivity index (χ0) is 11.1. The van der Waals surface area contributed by atoms with Gasteiger partial charge in [-0.3, -0.25) is 0 Å². The predicted octanol–water partition coefficient (Wildman–Crippen LogP) is 2.01. The van der Waals surface area contributed by atoms with Gasteiger partial charge < -0.3 is 4.98 Å². The molecule has 1 N–H and O–H groups in total. The van der Waals surface area contributed by atoms with Gasteiger partial charge in [-0.1, -0.05) is 6.92 Å². The van der Waals surface area contributed by atoms with Gasteiger partial charge >= 0.3 is 0 Å². The van der Waals surface area contributed by atoms with E-state index in [0.29, 0.717) is 11.0 Å². The van der Waals surface area contributed by atoms with Crippen LogP contribution < -0.4 is 0 Å². The van der Waals surface area contributed by atoms with Crippen molar-refractivity contribution in [3.05, 3.63) is 23.5 Å². The molecule has 1 aromatic carbocycles. The maximum absolute atomic E-state index is 11.6. The number of sulfone groups is 1. The highest BCUT2D eigenvalue weighted by molar-refractivity contribution is 7.91. The van der Waals surface area contributed by atoms with Gasteiger partial charge in [-0.2, -0.15) is 0 Å². The Balaban J connectivity index is 2.66. The SMILES string of the molecule is CCS(=O)(=O)c1ccc2nc(Cl)[nH]c2c1. The van der Waals surface area contributed by atoms with E-state index < -0.39 is 9.84 Å². The molecule has 0 radical (unpaired) electrons. The summed E-state index contributed by atoms with van der Waals surface area (Å²) in [6.45, 7) is 1.61. The van der Waals surface area contributed by atoms with Gasteiger partial charge in [0.05, 0.1) is 21.7 Å². The summed E-state index contributed by atoms with van der Waals surface area (Å²) < 4.78 is 23.2. The van der Waals surface area contributed by atoms with Gasteiger partial charge in [0.2, 0.25) is 5.28 Å². The molecule has 2 rings (SSSR count). The second kappa shape index (κ2) is 3.50. The molecule has 4 nitrogen and oxygen atoms in total. The summed E-state index contributed by atoms with van der Waals surface area (Å²) in [5, 5.41) is 0.260. The molecule has 0 amide bonds. The van der Waals surface area contributed by atoms with Crippen molar-refractivity contribution in [1.82, 2.24) is 9.97 Å². The van der Waals surface area contributed by atoms with Crippen LogP contribution in [0, 0.1) is 0 Å². The summed E-state index contributed by atoms with van der Waals surface area (Å²) in [5.74, 6) is 0.0837. The number of hydrogen-bond acceptors (Lipinski definition) is 3. The first-order valence-corrected chi connectivity index (χ1v) is 6.44. The topological polar surface area (TPSA) is 62.8 Å². The summed E-state index contributed by atoms with van der Waals surface area (Å²) in [5.41, 5.74) is 1.30. The van der Waals surface area contributed by atoms with Gasteiger partial charge in [-0.05, 0) is 29.8 Å². The lowest BCUT2D eigenvalue weighted by molar-refractivity contribution is 0.597. The monoisotopic (exact) mass is 244 g/mol. The van der Waals surface area contributed by atoms with E-state index in [-0.39, 0.29) is 15.9 Å². The van der Waals surface area contributed by atoms with Crippen molar-refractivity contribution >= 4 is 32.5 Å². The number of imidazole rings is 1. The summed E-state index contributed by atoms with van der Waals surface area (Å²) in [6.07, 6.45) is 0. The van der Waals surface area contributed by atoms with Gasteiger partial charge in [-0.15, -0.1) is 0 Å². The van der Waals surface area contributed by atoms with Gasteiger partial charge in [0, 0.05) is 0 Å². The Morgan fingerprint density at radius 1 is 1.47 bits per heavy atom. The zero-order valence-electron chi connectivity index (χ0n) is 7.99. The first-order valence-electron chi connectivity index (χ1n) is 4.41. The normalized spacial score (nSPS) is 12.1. The molecule has 2 aromatic rings. The van der Waals surface area contributed by atoms with E-state index in [9.17, 15) is 8.42 Å².